The third-order valence-electron chi connectivity index (χ3n) is 3.43. The second kappa shape index (κ2) is 5.67. The SMILES string of the molecule is CCC1COCCN1c1ccc(C)cc1C(N)=S. The molecule has 18 heavy (non-hydrogen) atoms. The van der Waals surface area contributed by atoms with Crippen molar-refractivity contribution < 1.29 is 4.74 Å². The quantitative estimate of drug-likeness (QED) is 0.850. The van der Waals surface area contributed by atoms with Crippen molar-refractivity contribution in [2.75, 3.05) is 24.7 Å². The number of anilines is 1. The Morgan fingerprint density at radius 2 is 2.33 bits per heavy atom. The lowest BCUT2D eigenvalue weighted by Crippen LogP contribution is -2.46. The Hall–Kier alpha value is -1.13. The van der Waals surface area contributed by atoms with Gasteiger partial charge < -0.3 is 15.4 Å². The van der Waals surface area contributed by atoms with Crippen molar-refractivity contribution >= 4 is 22.9 Å². The highest BCUT2D eigenvalue weighted by molar-refractivity contribution is 7.80. The fourth-order valence-electron chi connectivity index (χ4n) is 2.41. The van der Waals surface area contributed by atoms with Crippen LogP contribution >= 0.6 is 12.2 Å². The van der Waals surface area contributed by atoms with Crippen LogP contribution in [0.15, 0.2) is 18.2 Å². The highest BCUT2D eigenvalue weighted by Crippen LogP contribution is 2.26. The number of ether oxygens (including phenoxy) is 1. The van der Waals surface area contributed by atoms with Gasteiger partial charge in [0.15, 0.2) is 0 Å². The molecule has 0 aliphatic carbocycles. The van der Waals surface area contributed by atoms with Gasteiger partial charge in [-0.15, -0.1) is 0 Å². The van der Waals surface area contributed by atoms with Crippen molar-refractivity contribution in [1.82, 2.24) is 0 Å². The summed E-state index contributed by atoms with van der Waals surface area (Å²) in [6.45, 7) is 6.68. The molecule has 2 N–H and O–H groups in total. The van der Waals surface area contributed by atoms with E-state index < -0.39 is 0 Å². The Kier molecular flexibility index (Phi) is 4.19. The molecule has 0 amide bonds. The Balaban J connectivity index is 2.39. The average Bonchev–Trinajstić information content (AvgIpc) is 2.38. The first kappa shape index (κ1) is 13.3. The summed E-state index contributed by atoms with van der Waals surface area (Å²) in [5.74, 6) is 0. The Bertz CT molecular complexity index is 447. The second-order valence-corrected chi connectivity index (χ2v) is 5.16. The Morgan fingerprint density at radius 3 is 3.00 bits per heavy atom. The number of rotatable bonds is 3. The number of hydrogen-bond donors (Lipinski definition) is 1. The van der Waals surface area contributed by atoms with Gasteiger partial charge in [0.25, 0.3) is 0 Å². The summed E-state index contributed by atoms with van der Waals surface area (Å²) in [6.07, 6.45) is 1.06. The number of thiocarbonyl (C=S) groups is 1. The Morgan fingerprint density at radius 1 is 1.56 bits per heavy atom. The zero-order valence-electron chi connectivity index (χ0n) is 11.0. The molecule has 0 saturated carbocycles. The van der Waals surface area contributed by atoms with Crippen molar-refractivity contribution in [2.24, 2.45) is 5.73 Å². The minimum absolute atomic E-state index is 0.412. The molecule has 0 radical (unpaired) electrons. The van der Waals surface area contributed by atoms with Crippen LogP contribution in [0.1, 0.15) is 24.5 Å². The third-order valence-corrected chi connectivity index (χ3v) is 3.65. The smallest absolute Gasteiger partial charge is 0.106 e. The summed E-state index contributed by atoms with van der Waals surface area (Å²) in [4.78, 5) is 2.84. The zero-order chi connectivity index (χ0) is 13.1. The predicted molar refractivity (Wildman–Crippen MR) is 79.3 cm³/mol. The van der Waals surface area contributed by atoms with Crippen molar-refractivity contribution in [3.8, 4) is 0 Å². The summed E-state index contributed by atoms with van der Waals surface area (Å²) in [5, 5.41) is 0. The van der Waals surface area contributed by atoms with E-state index >= 15 is 0 Å². The molecule has 1 aliphatic rings. The molecule has 1 fully saturated rings. The number of nitrogens with zero attached hydrogens (tertiary/aromatic N) is 1. The van der Waals surface area contributed by atoms with Crippen LogP contribution in [0.5, 0.6) is 0 Å². The van der Waals surface area contributed by atoms with Crippen LogP contribution in [0.3, 0.4) is 0 Å². The lowest BCUT2D eigenvalue weighted by molar-refractivity contribution is 0.0930. The number of hydrogen-bond acceptors (Lipinski definition) is 3. The maximum atomic E-state index is 5.85. The van der Waals surface area contributed by atoms with Gasteiger partial charge in [-0.3, -0.25) is 0 Å². The molecule has 1 aromatic rings. The molecule has 98 valence electrons. The fourth-order valence-corrected chi connectivity index (χ4v) is 2.57. The molecule has 0 bridgehead atoms. The molecule has 0 spiro atoms. The topological polar surface area (TPSA) is 38.5 Å². The van der Waals surface area contributed by atoms with Gasteiger partial charge in [0, 0.05) is 17.8 Å². The lowest BCUT2D eigenvalue weighted by atomic mass is 10.0. The molecule has 1 heterocycles. The molecule has 1 aromatic carbocycles. The molecule has 1 aliphatic heterocycles. The summed E-state index contributed by atoms with van der Waals surface area (Å²) in [5.41, 5.74) is 9.15. The van der Waals surface area contributed by atoms with E-state index in [2.05, 4.69) is 36.9 Å². The van der Waals surface area contributed by atoms with Gasteiger partial charge in [0.05, 0.1) is 19.3 Å². The molecule has 1 unspecified atom stereocenters. The maximum Gasteiger partial charge on any atom is 0.106 e. The molecule has 1 saturated heterocycles. The van der Waals surface area contributed by atoms with Gasteiger partial charge >= 0.3 is 0 Å². The van der Waals surface area contributed by atoms with Crippen LogP contribution in [0.25, 0.3) is 0 Å². The van der Waals surface area contributed by atoms with Crippen LogP contribution < -0.4 is 10.6 Å². The van der Waals surface area contributed by atoms with E-state index in [0.717, 1.165) is 37.4 Å². The van der Waals surface area contributed by atoms with Gasteiger partial charge in [0.1, 0.15) is 4.99 Å². The first-order chi connectivity index (χ1) is 8.63. The van der Waals surface area contributed by atoms with Crippen LogP contribution in [0.4, 0.5) is 5.69 Å². The minimum Gasteiger partial charge on any atom is -0.389 e. The summed E-state index contributed by atoms with van der Waals surface area (Å²) >= 11 is 5.17. The maximum absolute atomic E-state index is 5.85. The zero-order valence-corrected chi connectivity index (χ0v) is 11.8. The first-order valence-corrected chi connectivity index (χ1v) is 6.79. The van der Waals surface area contributed by atoms with Crippen LogP contribution in [-0.2, 0) is 4.74 Å². The average molecular weight is 264 g/mol. The molecule has 4 heteroatoms. The third kappa shape index (κ3) is 2.65. The molecular weight excluding hydrogens is 244 g/mol. The lowest BCUT2D eigenvalue weighted by Gasteiger charge is -2.38. The molecule has 3 nitrogen and oxygen atoms in total. The minimum atomic E-state index is 0.412. The normalized spacial score (nSPS) is 19.9. The summed E-state index contributed by atoms with van der Waals surface area (Å²) in [6, 6.07) is 6.71. The highest BCUT2D eigenvalue weighted by Gasteiger charge is 2.24. The number of morpholine rings is 1. The van der Waals surface area contributed by atoms with Gasteiger partial charge in [-0.1, -0.05) is 30.8 Å². The summed E-state index contributed by atoms with van der Waals surface area (Å²) < 4.78 is 5.54. The first-order valence-electron chi connectivity index (χ1n) is 6.38. The molecule has 2 rings (SSSR count). The molecule has 1 atom stereocenters. The largest absolute Gasteiger partial charge is 0.389 e. The van der Waals surface area contributed by atoms with Gasteiger partial charge in [-0.25, -0.2) is 0 Å². The van der Waals surface area contributed by atoms with Crippen LogP contribution in [0.2, 0.25) is 0 Å². The van der Waals surface area contributed by atoms with Crippen molar-refractivity contribution in [3.05, 3.63) is 29.3 Å². The van der Waals surface area contributed by atoms with E-state index in [9.17, 15) is 0 Å². The van der Waals surface area contributed by atoms with E-state index in [0.29, 0.717) is 11.0 Å². The van der Waals surface area contributed by atoms with Crippen LogP contribution in [0, 0.1) is 6.92 Å². The van der Waals surface area contributed by atoms with E-state index in [1.807, 2.05) is 0 Å². The van der Waals surface area contributed by atoms with E-state index in [-0.39, 0.29) is 0 Å². The molecular formula is C14H20N2OS. The van der Waals surface area contributed by atoms with Crippen molar-refractivity contribution in [1.29, 1.82) is 0 Å². The summed E-state index contributed by atoms with van der Waals surface area (Å²) in [7, 11) is 0. The fraction of sp³-hybridized carbons (Fsp3) is 0.500. The van der Waals surface area contributed by atoms with Gasteiger partial charge in [-0.2, -0.15) is 0 Å². The van der Waals surface area contributed by atoms with E-state index in [1.54, 1.807) is 0 Å². The second-order valence-electron chi connectivity index (χ2n) is 4.72. The van der Waals surface area contributed by atoms with Crippen molar-refractivity contribution in [2.45, 2.75) is 26.3 Å². The van der Waals surface area contributed by atoms with E-state index in [4.69, 9.17) is 22.7 Å². The van der Waals surface area contributed by atoms with Gasteiger partial charge in [-0.05, 0) is 25.5 Å². The standard InChI is InChI=1S/C14H20N2OS/c1-3-11-9-17-7-6-16(11)13-5-4-10(2)8-12(13)14(15)18/h4-5,8,11H,3,6-7,9H2,1-2H3,(H2,15,18). The number of aryl methyl sites for hydroxylation is 1. The monoisotopic (exact) mass is 264 g/mol. The molecule has 0 aromatic heterocycles. The highest BCUT2D eigenvalue weighted by atomic mass is 32.1. The van der Waals surface area contributed by atoms with Gasteiger partial charge in [0.2, 0.25) is 0 Å². The van der Waals surface area contributed by atoms with Crippen LogP contribution in [-0.4, -0.2) is 30.8 Å². The predicted octanol–water partition coefficient (Wildman–Crippen LogP) is 2.24. The number of benzene rings is 1. The number of nitrogens with two attached hydrogens (primary N) is 1. The Labute approximate surface area is 114 Å². The van der Waals surface area contributed by atoms with Crippen molar-refractivity contribution in [3.63, 3.8) is 0 Å². The van der Waals surface area contributed by atoms with E-state index in [1.165, 1.54) is 5.56 Å².